The molecular formula is C27H38BNO11. The van der Waals surface area contributed by atoms with Crippen molar-refractivity contribution in [3.63, 3.8) is 0 Å². The summed E-state index contributed by atoms with van der Waals surface area (Å²) in [4.78, 5) is 16.4. The summed E-state index contributed by atoms with van der Waals surface area (Å²) in [5.74, 6) is -3.83. The van der Waals surface area contributed by atoms with Crippen LogP contribution in [0.1, 0.15) is 64.4 Å². The normalized spacial score (nSPS) is 57.1. The molecule has 4 saturated carbocycles. The molecule has 12 nitrogen and oxygen atoms in total. The molecule has 4 heterocycles. The van der Waals surface area contributed by atoms with Crippen LogP contribution in [0.25, 0.3) is 0 Å². The summed E-state index contributed by atoms with van der Waals surface area (Å²) >= 11 is 0. The third-order valence-corrected chi connectivity index (χ3v) is 12.4. The Morgan fingerprint density at radius 2 is 1.88 bits per heavy atom. The molecule has 40 heavy (non-hydrogen) atoms. The average Bonchev–Trinajstić information content (AvgIpc) is 3.51. The highest BCUT2D eigenvalue weighted by Crippen LogP contribution is 2.93. The van der Waals surface area contributed by atoms with Gasteiger partial charge >= 0.3 is 13.1 Å². The third kappa shape index (κ3) is 2.05. The number of hydrogen-bond acceptors (Lipinski definition) is 11. The van der Waals surface area contributed by atoms with Gasteiger partial charge in [0.15, 0.2) is 17.5 Å². The molecule has 7 aliphatic rings. The van der Waals surface area contributed by atoms with E-state index in [0.29, 0.717) is 6.32 Å². The van der Waals surface area contributed by atoms with Crippen LogP contribution in [0.3, 0.4) is 0 Å². The summed E-state index contributed by atoms with van der Waals surface area (Å²) in [5.41, 5.74) is -16.0. The SMILES string of the molecule is CCB1O[C@]23CC[C@@](O)(CO)[C@@H](O)[C@@]24O[C@@]2(O)C[C@]3(C)[C@]3(O1)[C@H](OC(=O)c1ccc[nH]1)[C@](O)(C(C)C)[C@]2(C)[C@@]34O. The minimum Gasteiger partial charge on any atom is -0.451 e. The summed E-state index contributed by atoms with van der Waals surface area (Å²) in [6.45, 7) is 7.51. The summed E-state index contributed by atoms with van der Waals surface area (Å²) in [7, 11) is -0.979. The van der Waals surface area contributed by atoms with Gasteiger partial charge in [-0.1, -0.05) is 27.7 Å². The zero-order valence-electron chi connectivity index (χ0n) is 23.3. The van der Waals surface area contributed by atoms with Crippen LogP contribution in [0.5, 0.6) is 0 Å². The Balaban J connectivity index is 1.60. The molecule has 1 aromatic rings. The van der Waals surface area contributed by atoms with Gasteiger partial charge in [-0.3, -0.25) is 0 Å². The fourth-order valence-corrected chi connectivity index (χ4v) is 10.7. The molecule has 0 unspecified atom stereocenters. The molecular weight excluding hydrogens is 525 g/mol. The molecule has 0 amide bonds. The van der Waals surface area contributed by atoms with E-state index in [2.05, 4.69) is 4.98 Å². The highest BCUT2D eigenvalue weighted by molar-refractivity contribution is 6.45. The molecule has 3 spiro atoms. The van der Waals surface area contributed by atoms with Gasteiger partial charge in [0, 0.05) is 18.0 Å². The minimum absolute atomic E-state index is 0.0190. The van der Waals surface area contributed by atoms with Crippen molar-refractivity contribution in [3.05, 3.63) is 24.0 Å². The maximum atomic E-state index is 13.6. The Labute approximate surface area is 231 Å². The van der Waals surface area contributed by atoms with Crippen molar-refractivity contribution in [1.29, 1.82) is 0 Å². The highest BCUT2D eigenvalue weighted by atomic mass is 16.7. The van der Waals surface area contributed by atoms with E-state index >= 15 is 0 Å². The summed E-state index contributed by atoms with van der Waals surface area (Å²) in [6.07, 6.45) is -1.98. The van der Waals surface area contributed by atoms with Gasteiger partial charge in [0.1, 0.15) is 34.2 Å². The van der Waals surface area contributed by atoms with Gasteiger partial charge in [-0.2, -0.15) is 0 Å². The number of esters is 1. The maximum absolute atomic E-state index is 13.6. The molecule has 220 valence electrons. The van der Waals surface area contributed by atoms with Crippen LogP contribution in [0.4, 0.5) is 0 Å². The Morgan fingerprint density at radius 1 is 1.18 bits per heavy atom. The molecule has 3 aliphatic heterocycles. The Hall–Kier alpha value is -1.55. The summed E-state index contributed by atoms with van der Waals surface area (Å²) in [6, 6.07) is 3.13. The Bertz CT molecular complexity index is 1300. The predicted molar refractivity (Wildman–Crippen MR) is 135 cm³/mol. The maximum Gasteiger partial charge on any atom is 0.457 e. The fraction of sp³-hybridized carbons (Fsp3) is 0.815. The molecule has 1 aromatic heterocycles. The van der Waals surface area contributed by atoms with E-state index in [1.54, 1.807) is 33.0 Å². The number of hydrogen-bond donors (Lipinski definition) is 7. The van der Waals surface area contributed by atoms with Crippen LogP contribution in [-0.2, 0) is 18.8 Å². The van der Waals surface area contributed by atoms with Crippen molar-refractivity contribution >= 4 is 13.1 Å². The van der Waals surface area contributed by atoms with Crippen molar-refractivity contribution in [1.82, 2.24) is 4.98 Å². The van der Waals surface area contributed by atoms with E-state index < -0.39 is 88.0 Å². The molecule has 7 bridgehead atoms. The van der Waals surface area contributed by atoms with E-state index in [0.717, 1.165) is 0 Å². The zero-order valence-corrected chi connectivity index (χ0v) is 23.3. The van der Waals surface area contributed by atoms with E-state index in [1.807, 2.05) is 6.92 Å². The molecule has 7 fully saturated rings. The number of aromatic amines is 1. The molecule has 3 saturated heterocycles. The lowest BCUT2D eigenvalue weighted by atomic mass is 9.51. The number of H-pyrrole nitrogens is 1. The van der Waals surface area contributed by atoms with Gasteiger partial charge < -0.3 is 54.4 Å². The first kappa shape index (κ1) is 27.3. The Kier molecular flexibility index (Phi) is 4.88. The van der Waals surface area contributed by atoms with E-state index in [-0.39, 0.29) is 25.0 Å². The first-order chi connectivity index (χ1) is 18.5. The molecule has 11 atom stereocenters. The van der Waals surface area contributed by atoms with Crippen LogP contribution in [0.2, 0.25) is 6.32 Å². The largest absolute Gasteiger partial charge is 0.457 e. The minimum atomic E-state index is -2.48. The van der Waals surface area contributed by atoms with Crippen molar-refractivity contribution in [2.24, 2.45) is 16.7 Å². The summed E-state index contributed by atoms with van der Waals surface area (Å²) < 4.78 is 26.0. The number of nitrogens with one attached hydrogen (secondary N) is 1. The van der Waals surface area contributed by atoms with Crippen LogP contribution in [-0.4, -0.2) is 107 Å². The topological polar surface area (TPSA) is 191 Å². The second-order valence-electron chi connectivity index (χ2n) is 13.6. The Morgan fingerprint density at radius 3 is 2.45 bits per heavy atom. The second-order valence-corrected chi connectivity index (χ2v) is 13.6. The van der Waals surface area contributed by atoms with Crippen LogP contribution >= 0.6 is 0 Å². The number of aliphatic hydroxyl groups excluding tert-OH is 2. The fourth-order valence-electron chi connectivity index (χ4n) is 10.7. The van der Waals surface area contributed by atoms with Crippen molar-refractivity contribution in [2.75, 3.05) is 6.61 Å². The summed E-state index contributed by atoms with van der Waals surface area (Å²) in [5, 5.41) is 72.6. The number of carbonyl (C=O) groups is 1. The number of aromatic nitrogens is 1. The van der Waals surface area contributed by atoms with Crippen molar-refractivity contribution in [2.45, 2.75) is 112 Å². The van der Waals surface area contributed by atoms with Gasteiger partial charge in [0.05, 0.1) is 17.6 Å². The van der Waals surface area contributed by atoms with Gasteiger partial charge in [0.2, 0.25) is 0 Å². The standard InChI is InChI=1S/C27H38BNO11/c1-6-28-39-22-10-9-21(33,13-30)17(32)25(22)27(36)20(5)23(34,38-25)12-19(22,4)26(27,40-28)18(24(20,35)14(2)3)37-16(31)15-8-7-11-29-15/h7-8,11,14,17-18,29-30,32-36H,6,9-10,12-13H2,1-5H3/t17-,18-,19+,20-,21-,22+,23+,24-,25-,26-,27+/m1/s1. The lowest BCUT2D eigenvalue weighted by Gasteiger charge is -2.66. The predicted octanol–water partition coefficient (Wildman–Crippen LogP) is -0.530. The molecule has 8 rings (SSSR count). The van der Waals surface area contributed by atoms with Gasteiger partial charge in [0.25, 0.3) is 0 Å². The molecule has 4 aliphatic carbocycles. The van der Waals surface area contributed by atoms with Crippen LogP contribution in [0.15, 0.2) is 18.3 Å². The number of rotatable bonds is 5. The number of carbonyl (C=O) groups excluding carboxylic acids is 1. The quantitative estimate of drug-likeness (QED) is 0.180. The van der Waals surface area contributed by atoms with Crippen LogP contribution in [0, 0.1) is 16.7 Å². The smallest absolute Gasteiger partial charge is 0.451 e. The number of aliphatic hydroxyl groups is 6. The molecule has 0 radical (unpaired) electrons. The van der Waals surface area contributed by atoms with Gasteiger partial charge in [-0.25, -0.2) is 4.79 Å². The lowest BCUT2D eigenvalue weighted by molar-refractivity contribution is -0.403. The third-order valence-electron chi connectivity index (χ3n) is 12.4. The van der Waals surface area contributed by atoms with Crippen molar-refractivity contribution < 1.29 is 54.2 Å². The monoisotopic (exact) mass is 563 g/mol. The molecule has 0 aromatic carbocycles. The average molecular weight is 563 g/mol. The molecule has 13 heteroatoms. The van der Waals surface area contributed by atoms with E-state index in [9.17, 15) is 35.4 Å². The molecule has 7 N–H and O–H groups in total. The van der Waals surface area contributed by atoms with Crippen molar-refractivity contribution in [3.8, 4) is 0 Å². The zero-order chi connectivity index (χ0) is 29.2. The van der Waals surface area contributed by atoms with Crippen LogP contribution < -0.4 is 0 Å². The lowest BCUT2D eigenvalue weighted by Crippen LogP contribution is -2.81. The van der Waals surface area contributed by atoms with Gasteiger partial charge in [-0.05, 0) is 44.1 Å². The van der Waals surface area contributed by atoms with E-state index in [1.165, 1.54) is 13.0 Å². The highest BCUT2D eigenvalue weighted by Gasteiger charge is 3.12. The second kappa shape index (κ2) is 7.15. The first-order valence-corrected chi connectivity index (χ1v) is 14.1. The van der Waals surface area contributed by atoms with E-state index in [4.69, 9.17) is 18.8 Å². The number of ether oxygens (including phenoxy) is 2. The van der Waals surface area contributed by atoms with Gasteiger partial charge in [-0.15, -0.1) is 0 Å². The first-order valence-electron chi connectivity index (χ1n) is 14.1.